The Kier molecular flexibility index (Phi) is 4.80. The number of amides is 1. The number of carbonyl (C=O) groups excluding carboxylic acids is 1. The van der Waals surface area contributed by atoms with Gasteiger partial charge in [-0.2, -0.15) is 5.10 Å². The first-order valence-corrected chi connectivity index (χ1v) is 9.10. The van der Waals surface area contributed by atoms with Crippen LogP contribution in [-0.4, -0.2) is 51.3 Å². The molecule has 4 aromatic rings. The lowest BCUT2D eigenvalue weighted by Crippen LogP contribution is -2.21. The van der Waals surface area contributed by atoms with Crippen molar-refractivity contribution < 1.29 is 19.2 Å². The Morgan fingerprint density at radius 3 is 2.53 bits per heavy atom. The number of benzene rings is 2. The fraction of sp³-hybridized carbons (Fsp3) is 0.143. The number of carboxylic acid groups (broad SMARTS) is 1. The molecule has 0 radical (unpaired) electrons. The van der Waals surface area contributed by atoms with Crippen LogP contribution >= 0.6 is 0 Å². The molecule has 1 atom stereocenters. The van der Waals surface area contributed by atoms with E-state index >= 15 is 0 Å². The summed E-state index contributed by atoms with van der Waals surface area (Å²) in [6, 6.07) is 12.8. The first kappa shape index (κ1) is 19.3. The Hall–Kier alpha value is -3.98. The highest BCUT2D eigenvalue weighted by Crippen LogP contribution is 2.31. The zero-order chi connectivity index (χ0) is 21.4. The number of H-pyrrole nitrogens is 1. The monoisotopic (exact) mass is 405 g/mol. The zero-order valence-electron chi connectivity index (χ0n) is 16.3. The lowest BCUT2D eigenvalue weighted by atomic mass is 10.0. The molecule has 9 heteroatoms. The molecule has 9 nitrogen and oxygen atoms in total. The summed E-state index contributed by atoms with van der Waals surface area (Å²) in [6.45, 7) is 0. The first-order chi connectivity index (χ1) is 14.3. The van der Waals surface area contributed by atoms with Crippen LogP contribution in [0.5, 0.6) is 0 Å². The van der Waals surface area contributed by atoms with E-state index in [2.05, 4.69) is 15.4 Å². The Balaban J connectivity index is 1.63. The molecule has 0 saturated heterocycles. The van der Waals surface area contributed by atoms with Gasteiger partial charge in [0.25, 0.3) is 5.91 Å². The van der Waals surface area contributed by atoms with E-state index in [9.17, 15) is 9.59 Å². The molecule has 0 bridgehead atoms. The molecule has 0 aliphatic rings. The molecular formula is C21H19N5O4. The number of nitrogens with two attached hydrogens (primary N) is 1. The molecule has 2 aromatic carbocycles. The van der Waals surface area contributed by atoms with E-state index in [0.717, 1.165) is 10.9 Å². The largest absolute Gasteiger partial charge is 0.480 e. The number of aromatic amines is 1. The number of aromatic nitrogens is 3. The predicted octanol–water partition coefficient (Wildman–Crippen LogP) is 2.67. The van der Waals surface area contributed by atoms with E-state index in [1.165, 1.54) is 4.90 Å². The second-order valence-corrected chi connectivity index (χ2v) is 7.05. The molecule has 1 unspecified atom stereocenters. The van der Waals surface area contributed by atoms with Gasteiger partial charge in [-0.3, -0.25) is 14.7 Å². The Labute approximate surface area is 171 Å². The van der Waals surface area contributed by atoms with E-state index in [0.29, 0.717) is 33.8 Å². The number of hydrogen-bond donors (Lipinski definition) is 3. The van der Waals surface area contributed by atoms with Crippen molar-refractivity contribution in [2.24, 2.45) is 5.73 Å². The van der Waals surface area contributed by atoms with Crippen molar-refractivity contribution in [2.75, 3.05) is 14.1 Å². The smallest absolute Gasteiger partial charge is 0.325 e. The van der Waals surface area contributed by atoms with Crippen LogP contribution in [-0.2, 0) is 4.79 Å². The summed E-state index contributed by atoms with van der Waals surface area (Å²) in [6.07, 6.45) is 0. The van der Waals surface area contributed by atoms with Crippen LogP contribution in [0, 0.1) is 0 Å². The van der Waals surface area contributed by atoms with Gasteiger partial charge in [0.05, 0.1) is 5.52 Å². The second-order valence-electron chi connectivity index (χ2n) is 7.05. The topological polar surface area (TPSA) is 138 Å². The molecular weight excluding hydrogens is 386 g/mol. The number of nitrogens with one attached hydrogen (secondary N) is 1. The number of aliphatic carboxylic acids is 1. The summed E-state index contributed by atoms with van der Waals surface area (Å²) in [5.74, 6) is -0.723. The maximum Gasteiger partial charge on any atom is 0.325 e. The van der Waals surface area contributed by atoms with Gasteiger partial charge < -0.3 is 20.3 Å². The summed E-state index contributed by atoms with van der Waals surface area (Å²) in [5.41, 5.74) is 9.33. The molecule has 0 fully saturated rings. The molecule has 30 heavy (non-hydrogen) atoms. The summed E-state index contributed by atoms with van der Waals surface area (Å²) >= 11 is 0. The highest BCUT2D eigenvalue weighted by Gasteiger charge is 2.18. The summed E-state index contributed by atoms with van der Waals surface area (Å²) < 4.78 is 5.48. The number of fused-ring (bicyclic) bond motifs is 1. The minimum Gasteiger partial charge on any atom is -0.480 e. The van der Waals surface area contributed by atoms with E-state index in [1.54, 1.807) is 62.6 Å². The van der Waals surface area contributed by atoms with Crippen LogP contribution in [0.1, 0.15) is 22.0 Å². The molecule has 4 rings (SSSR count). The molecule has 1 amide bonds. The van der Waals surface area contributed by atoms with Crippen molar-refractivity contribution in [1.82, 2.24) is 20.3 Å². The van der Waals surface area contributed by atoms with Crippen LogP contribution in [0.3, 0.4) is 0 Å². The van der Waals surface area contributed by atoms with Crippen LogP contribution in [0.15, 0.2) is 53.1 Å². The van der Waals surface area contributed by atoms with Crippen LogP contribution in [0.25, 0.3) is 33.6 Å². The quantitative estimate of drug-likeness (QED) is 0.464. The lowest BCUT2D eigenvalue weighted by molar-refractivity contribution is -0.138. The number of carboxylic acids is 1. The fourth-order valence-corrected chi connectivity index (χ4v) is 3.13. The predicted molar refractivity (Wildman–Crippen MR) is 110 cm³/mol. The van der Waals surface area contributed by atoms with Gasteiger partial charge in [-0.1, -0.05) is 29.4 Å². The maximum atomic E-state index is 12.0. The van der Waals surface area contributed by atoms with Crippen molar-refractivity contribution in [3.05, 3.63) is 59.7 Å². The van der Waals surface area contributed by atoms with Crippen molar-refractivity contribution in [1.29, 1.82) is 0 Å². The van der Waals surface area contributed by atoms with Gasteiger partial charge in [0.2, 0.25) is 0 Å². The highest BCUT2D eigenvalue weighted by atomic mass is 16.5. The fourth-order valence-electron chi connectivity index (χ4n) is 3.13. The van der Waals surface area contributed by atoms with Gasteiger partial charge in [-0.25, -0.2) is 0 Å². The molecule has 2 heterocycles. The number of carbonyl (C=O) groups is 2. The molecule has 0 saturated carbocycles. The standard InChI is InChI=1S/C21H19N5O4/c1-26(2)20(27)12-5-3-11(4-6-12)15-10-17(30-25-15)19-14-8-7-13(18(22)21(28)29)9-16(14)23-24-19/h3-10,18H,22H2,1-2H3,(H,23,24)(H,28,29). The van der Waals surface area contributed by atoms with Gasteiger partial charge in [0.1, 0.15) is 17.4 Å². The molecule has 4 N–H and O–H groups in total. The van der Waals surface area contributed by atoms with E-state index in [-0.39, 0.29) is 5.91 Å². The molecule has 0 aliphatic heterocycles. The summed E-state index contributed by atoms with van der Waals surface area (Å²) in [7, 11) is 3.40. The van der Waals surface area contributed by atoms with Gasteiger partial charge in [0, 0.05) is 36.7 Å². The Bertz CT molecular complexity index is 1240. The van der Waals surface area contributed by atoms with Crippen molar-refractivity contribution in [2.45, 2.75) is 6.04 Å². The third kappa shape index (κ3) is 3.42. The molecule has 152 valence electrons. The van der Waals surface area contributed by atoms with Gasteiger partial charge in [-0.05, 0) is 23.8 Å². The third-order valence-electron chi connectivity index (χ3n) is 4.79. The minimum atomic E-state index is -1.11. The van der Waals surface area contributed by atoms with Crippen molar-refractivity contribution in [3.8, 4) is 22.7 Å². The van der Waals surface area contributed by atoms with Crippen LogP contribution in [0.2, 0.25) is 0 Å². The van der Waals surface area contributed by atoms with E-state index in [1.807, 2.05) is 0 Å². The lowest BCUT2D eigenvalue weighted by Gasteiger charge is -2.09. The van der Waals surface area contributed by atoms with Crippen molar-refractivity contribution in [3.63, 3.8) is 0 Å². The van der Waals surface area contributed by atoms with E-state index in [4.69, 9.17) is 15.4 Å². The minimum absolute atomic E-state index is 0.0765. The summed E-state index contributed by atoms with van der Waals surface area (Å²) in [4.78, 5) is 24.6. The van der Waals surface area contributed by atoms with Gasteiger partial charge >= 0.3 is 5.97 Å². The third-order valence-corrected chi connectivity index (χ3v) is 4.79. The molecule has 2 aromatic heterocycles. The number of hydrogen-bond acceptors (Lipinski definition) is 6. The van der Waals surface area contributed by atoms with Crippen LogP contribution < -0.4 is 5.73 Å². The average Bonchev–Trinajstić information content (AvgIpc) is 3.39. The van der Waals surface area contributed by atoms with Crippen molar-refractivity contribution >= 4 is 22.8 Å². The van der Waals surface area contributed by atoms with E-state index < -0.39 is 12.0 Å². The zero-order valence-corrected chi connectivity index (χ0v) is 16.3. The van der Waals surface area contributed by atoms with Gasteiger partial charge in [0.15, 0.2) is 5.76 Å². The summed E-state index contributed by atoms with van der Waals surface area (Å²) in [5, 5.41) is 21.1. The number of rotatable bonds is 5. The molecule has 0 aliphatic carbocycles. The average molecular weight is 405 g/mol. The second kappa shape index (κ2) is 7.45. The Morgan fingerprint density at radius 2 is 1.87 bits per heavy atom. The Morgan fingerprint density at radius 1 is 1.13 bits per heavy atom. The molecule has 0 spiro atoms. The first-order valence-electron chi connectivity index (χ1n) is 9.10. The normalized spacial score (nSPS) is 12.1. The van der Waals surface area contributed by atoms with Crippen LogP contribution in [0.4, 0.5) is 0 Å². The van der Waals surface area contributed by atoms with Gasteiger partial charge in [-0.15, -0.1) is 0 Å². The maximum absolute atomic E-state index is 12.0. The highest BCUT2D eigenvalue weighted by molar-refractivity contribution is 5.95. The SMILES string of the molecule is CN(C)C(=O)c1ccc(-c2cc(-c3n[nH]c4cc(C(N)C(=O)O)ccc34)on2)cc1. The number of nitrogens with zero attached hydrogens (tertiary/aromatic N) is 3.